The van der Waals surface area contributed by atoms with Crippen molar-refractivity contribution in [3.05, 3.63) is 22.2 Å². The Bertz CT molecular complexity index is 492. The van der Waals surface area contributed by atoms with E-state index in [0.29, 0.717) is 18.2 Å². The summed E-state index contributed by atoms with van der Waals surface area (Å²) in [5.74, 6) is 0.610. The SMILES string of the molecule is CCCNC(=O)CN(C)c1cc([N+](=O)[O-])cc(NC)n1. The van der Waals surface area contributed by atoms with Gasteiger partial charge in [-0.25, -0.2) is 4.98 Å². The normalized spacial score (nSPS) is 9.95. The predicted molar refractivity (Wildman–Crippen MR) is 77.0 cm³/mol. The molecule has 110 valence electrons. The third kappa shape index (κ3) is 4.38. The van der Waals surface area contributed by atoms with Crippen LogP contribution in [0.5, 0.6) is 0 Å². The van der Waals surface area contributed by atoms with Crippen molar-refractivity contribution in [2.24, 2.45) is 0 Å². The minimum absolute atomic E-state index is 0.0693. The highest BCUT2D eigenvalue weighted by Crippen LogP contribution is 2.22. The van der Waals surface area contributed by atoms with Gasteiger partial charge in [-0.3, -0.25) is 14.9 Å². The number of amides is 1. The number of nitrogens with zero attached hydrogens (tertiary/aromatic N) is 3. The lowest BCUT2D eigenvalue weighted by atomic mass is 10.3. The molecule has 0 aliphatic heterocycles. The lowest BCUT2D eigenvalue weighted by molar-refractivity contribution is -0.384. The van der Waals surface area contributed by atoms with E-state index in [0.717, 1.165) is 6.42 Å². The first-order valence-corrected chi connectivity index (χ1v) is 6.30. The maximum absolute atomic E-state index is 11.6. The molecule has 0 bridgehead atoms. The molecule has 0 atom stereocenters. The van der Waals surface area contributed by atoms with Crippen molar-refractivity contribution in [2.45, 2.75) is 13.3 Å². The molecule has 0 fully saturated rings. The van der Waals surface area contributed by atoms with E-state index in [1.54, 1.807) is 19.0 Å². The number of likely N-dealkylation sites (N-methyl/N-ethyl adjacent to an activating group) is 1. The number of anilines is 2. The molecule has 0 aromatic carbocycles. The number of rotatable bonds is 7. The molecule has 0 unspecified atom stereocenters. The Balaban J connectivity index is 2.86. The van der Waals surface area contributed by atoms with Gasteiger partial charge in [0.2, 0.25) is 5.91 Å². The quantitative estimate of drug-likeness (QED) is 0.571. The number of nitro groups is 1. The van der Waals surface area contributed by atoms with Crippen LogP contribution in [0.25, 0.3) is 0 Å². The van der Waals surface area contributed by atoms with Gasteiger partial charge in [-0.05, 0) is 6.42 Å². The van der Waals surface area contributed by atoms with Gasteiger partial charge in [0.05, 0.1) is 23.6 Å². The van der Waals surface area contributed by atoms with Crippen LogP contribution in [0.1, 0.15) is 13.3 Å². The van der Waals surface area contributed by atoms with Crippen LogP contribution in [0.4, 0.5) is 17.3 Å². The molecule has 8 heteroatoms. The topological polar surface area (TPSA) is 100 Å². The lowest BCUT2D eigenvalue weighted by Crippen LogP contribution is -2.35. The molecular weight excluding hydrogens is 262 g/mol. The third-order valence-electron chi connectivity index (χ3n) is 2.61. The van der Waals surface area contributed by atoms with Gasteiger partial charge in [-0.2, -0.15) is 0 Å². The first kappa shape index (κ1) is 15.7. The maximum Gasteiger partial charge on any atom is 0.276 e. The zero-order chi connectivity index (χ0) is 15.1. The van der Waals surface area contributed by atoms with E-state index in [1.807, 2.05) is 6.92 Å². The van der Waals surface area contributed by atoms with Gasteiger partial charge in [0.1, 0.15) is 11.6 Å². The van der Waals surface area contributed by atoms with Gasteiger partial charge in [-0.15, -0.1) is 0 Å². The molecule has 2 N–H and O–H groups in total. The van der Waals surface area contributed by atoms with Crippen molar-refractivity contribution in [3.63, 3.8) is 0 Å². The van der Waals surface area contributed by atoms with Crippen molar-refractivity contribution in [3.8, 4) is 0 Å². The fourth-order valence-corrected chi connectivity index (χ4v) is 1.55. The summed E-state index contributed by atoms with van der Waals surface area (Å²) >= 11 is 0. The minimum atomic E-state index is -0.489. The highest BCUT2D eigenvalue weighted by Gasteiger charge is 2.15. The van der Waals surface area contributed by atoms with Gasteiger partial charge in [0.25, 0.3) is 5.69 Å². The van der Waals surface area contributed by atoms with Crippen LogP contribution in [-0.4, -0.2) is 43.0 Å². The summed E-state index contributed by atoms with van der Waals surface area (Å²) in [6, 6.07) is 2.68. The number of pyridine rings is 1. The predicted octanol–water partition coefficient (Wildman–Crippen LogP) is 0.994. The second-order valence-corrected chi connectivity index (χ2v) is 4.28. The summed E-state index contributed by atoms with van der Waals surface area (Å²) in [5.41, 5.74) is -0.0693. The summed E-state index contributed by atoms with van der Waals surface area (Å²) in [7, 11) is 3.29. The van der Waals surface area contributed by atoms with Crippen LogP contribution >= 0.6 is 0 Å². The third-order valence-corrected chi connectivity index (χ3v) is 2.61. The van der Waals surface area contributed by atoms with Crippen LogP contribution in [0.15, 0.2) is 12.1 Å². The molecule has 0 aliphatic rings. The van der Waals surface area contributed by atoms with E-state index in [9.17, 15) is 14.9 Å². The van der Waals surface area contributed by atoms with Gasteiger partial charge in [0, 0.05) is 20.6 Å². The molecule has 20 heavy (non-hydrogen) atoms. The minimum Gasteiger partial charge on any atom is -0.373 e. The number of carbonyl (C=O) groups excluding carboxylic acids is 1. The Morgan fingerprint density at radius 3 is 2.75 bits per heavy atom. The molecule has 0 saturated heterocycles. The number of carbonyl (C=O) groups is 1. The van der Waals surface area contributed by atoms with E-state index in [4.69, 9.17) is 0 Å². The van der Waals surface area contributed by atoms with Crippen molar-refractivity contribution < 1.29 is 9.72 Å². The summed E-state index contributed by atoms with van der Waals surface area (Å²) in [4.78, 5) is 27.8. The van der Waals surface area contributed by atoms with Gasteiger partial charge in [-0.1, -0.05) is 6.92 Å². The number of hydrogen-bond donors (Lipinski definition) is 2. The number of nitrogens with one attached hydrogen (secondary N) is 2. The van der Waals surface area contributed by atoms with Crippen LogP contribution in [0, 0.1) is 10.1 Å². The first-order valence-electron chi connectivity index (χ1n) is 6.30. The summed E-state index contributed by atoms with van der Waals surface area (Å²) in [5, 5.41) is 16.4. The molecule has 1 amide bonds. The van der Waals surface area contributed by atoms with E-state index >= 15 is 0 Å². The molecule has 1 aromatic heterocycles. The van der Waals surface area contributed by atoms with Gasteiger partial charge >= 0.3 is 0 Å². The van der Waals surface area contributed by atoms with Crippen LogP contribution in [0.3, 0.4) is 0 Å². The Kier molecular flexibility index (Phi) is 5.70. The number of hydrogen-bond acceptors (Lipinski definition) is 6. The molecule has 8 nitrogen and oxygen atoms in total. The molecule has 1 aromatic rings. The Morgan fingerprint density at radius 2 is 2.20 bits per heavy atom. The van der Waals surface area contributed by atoms with Crippen LogP contribution in [-0.2, 0) is 4.79 Å². The molecule has 0 aliphatic carbocycles. The van der Waals surface area contributed by atoms with Gasteiger partial charge < -0.3 is 15.5 Å². The van der Waals surface area contributed by atoms with Crippen molar-refractivity contribution >= 4 is 23.2 Å². The largest absolute Gasteiger partial charge is 0.373 e. The Hall–Kier alpha value is -2.38. The van der Waals surface area contributed by atoms with Crippen molar-refractivity contribution in [1.29, 1.82) is 0 Å². The van der Waals surface area contributed by atoms with Crippen LogP contribution < -0.4 is 15.5 Å². The van der Waals surface area contributed by atoms with E-state index in [2.05, 4.69) is 15.6 Å². The molecule has 1 heterocycles. The fraction of sp³-hybridized carbons (Fsp3) is 0.500. The lowest BCUT2D eigenvalue weighted by Gasteiger charge is -2.18. The summed E-state index contributed by atoms with van der Waals surface area (Å²) in [6.07, 6.45) is 0.856. The second-order valence-electron chi connectivity index (χ2n) is 4.28. The summed E-state index contributed by atoms with van der Waals surface area (Å²) in [6.45, 7) is 2.67. The fourth-order valence-electron chi connectivity index (χ4n) is 1.55. The zero-order valence-corrected chi connectivity index (χ0v) is 11.8. The standard InChI is InChI=1S/C12H19N5O3/c1-4-5-14-12(18)8-16(3)11-7-9(17(19)20)6-10(13-2)15-11/h6-7H,4-5,8H2,1-3H3,(H,13,15)(H,14,18). The molecule has 0 spiro atoms. The monoisotopic (exact) mass is 281 g/mol. The van der Waals surface area contributed by atoms with E-state index < -0.39 is 4.92 Å². The molecule has 0 radical (unpaired) electrons. The Morgan fingerprint density at radius 1 is 1.50 bits per heavy atom. The molecule has 0 saturated carbocycles. The van der Waals surface area contributed by atoms with Crippen molar-refractivity contribution in [1.82, 2.24) is 10.3 Å². The molecule has 1 rings (SSSR count). The maximum atomic E-state index is 11.6. The number of aromatic nitrogens is 1. The molecular formula is C12H19N5O3. The van der Waals surface area contributed by atoms with Crippen LogP contribution in [0.2, 0.25) is 0 Å². The average Bonchev–Trinajstić information content (AvgIpc) is 2.44. The highest BCUT2D eigenvalue weighted by atomic mass is 16.6. The first-order chi connectivity index (χ1) is 9.47. The zero-order valence-electron chi connectivity index (χ0n) is 11.8. The average molecular weight is 281 g/mol. The highest BCUT2D eigenvalue weighted by molar-refractivity contribution is 5.81. The van der Waals surface area contributed by atoms with Crippen molar-refractivity contribution in [2.75, 3.05) is 37.4 Å². The van der Waals surface area contributed by atoms with E-state index in [1.165, 1.54) is 12.1 Å². The van der Waals surface area contributed by atoms with E-state index in [-0.39, 0.29) is 18.1 Å². The smallest absolute Gasteiger partial charge is 0.276 e. The summed E-state index contributed by atoms with van der Waals surface area (Å²) < 4.78 is 0. The Labute approximate surface area is 117 Å². The van der Waals surface area contributed by atoms with Gasteiger partial charge in [0.15, 0.2) is 0 Å². The second kappa shape index (κ2) is 7.27.